The van der Waals surface area contributed by atoms with Gasteiger partial charge < -0.3 is 4.90 Å². The molecule has 7 nitrogen and oxygen atoms in total. The van der Waals surface area contributed by atoms with Crippen LogP contribution in [-0.4, -0.2) is 41.4 Å². The summed E-state index contributed by atoms with van der Waals surface area (Å²) in [5, 5.41) is 7.25. The number of urea groups is 1. The summed E-state index contributed by atoms with van der Waals surface area (Å²) < 4.78 is 16.4. The zero-order valence-electron chi connectivity index (χ0n) is 14.1. The maximum atomic E-state index is 14.8. The number of aryl methyl sites for hydroxylation is 1. The first kappa shape index (κ1) is 15.9. The average Bonchev–Trinajstić information content (AvgIpc) is 2.91. The molecule has 2 aliphatic heterocycles. The topological polar surface area (TPSA) is 70.5 Å². The van der Waals surface area contributed by atoms with Crippen molar-refractivity contribution in [1.82, 2.24) is 15.1 Å². The van der Waals surface area contributed by atoms with Crippen molar-refractivity contribution in [2.24, 2.45) is 7.05 Å². The second kappa shape index (κ2) is 6.02. The van der Waals surface area contributed by atoms with Crippen molar-refractivity contribution in [3.8, 4) is 0 Å². The van der Waals surface area contributed by atoms with Gasteiger partial charge in [-0.15, -0.1) is 0 Å². The lowest BCUT2D eigenvalue weighted by Gasteiger charge is -2.29. The molecule has 2 aromatic rings. The summed E-state index contributed by atoms with van der Waals surface area (Å²) in [7, 11) is 1.77. The van der Waals surface area contributed by atoms with E-state index < -0.39 is 6.03 Å². The molecule has 2 fully saturated rings. The number of carbonyl (C=O) groups is 2. The normalized spacial score (nSPS) is 18.8. The molecule has 4 rings (SSSR count). The lowest BCUT2D eigenvalue weighted by molar-refractivity contribution is -0.120. The first-order chi connectivity index (χ1) is 12.0. The summed E-state index contributed by atoms with van der Waals surface area (Å²) in [4.78, 5) is 26.9. The molecule has 1 aromatic heterocycles. The number of fused-ring (bicyclic) bond motifs is 1. The van der Waals surface area contributed by atoms with E-state index in [1.807, 2.05) is 0 Å². The fraction of sp³-hybridized carbons (Fsp3) is 0.471. The van der Waals surface area contributed by atoms with E-state index in [0.29, 0.717) is 16.9 Å². The van der Waals surface area contributed by atoms with Crippen LogP contribution in [0.4, 0.5) is 20.7 Å². The predicted molar refractivity (Wildman–Crippen MR) is 92.2 cm³/mol. The van der Waals surface area contributed by atoms with Gasteiger partial charge in [0.25, 0.3) is 0 Å². The number of halogens is 1. The standard InChI is InChI=1S/C17H20FN5O2/c1-21-13-10-14(22-6-3-2-4-7-22)12(18)9-11(13)16(20-21)23-8-5-15(24)19-17(23)25/h9-10H,2-8H2,1H3,(H,19,24,25). The van der Waals surface area contributed by atoms with Gasteiger partial charge in [-0.3, -0.25) is 19.7 Å². The van der Waals surface area contributed by atoms with Crippen molar-refractivity contribution in [2.75, 3.05) is 29.4 Å². The maximum Gasteiger partial charge on any atom is 0.329 e. The number of imide groups is 1. The minimum atomic E-state index is -0.517. The molecule has 1 aromatic carbocycles. The third-order valence-corrected chi connectivity index (χ3v) is 4.91. The fourth-order valence-corrected chi connectivity index (χ4v) is 3.59. The summed E-state index contributed by atoms with van der Waals surface area (Å²) in [6.45, 7) is 1.94. The van der Waals surface area contributed by atoms with E-state index in [9.17, 15) is 14.0 Å². The molecule has 0 aliphatic carbocycles. The summed E-state index contributed by atoms with van der Waals surface area (Å²) in [5.74, 6) is -0.233. The van der Waals surface area contributed by atoms with Crippen molar-refractivity contribution in [2.45, 2.75) is 25.7 Å². The number of rotatable bonds is 2. The molecule has 0 radical (unpaired) electrons. The highest BCUT2D eigenvalue weighted by molar-refractivity contribution is 6.09. The first-order valence-electron chi connectivity index (χ1n) is 8.57. The fourth-order valence-electron chi connectivity index (χ4n) is 3.59. The Kier molecular flexibility index (Phi) is 3.82. The molecular weight excluding hydrogens is 325 g/mol. The van der Waals surface area contributed by atoms with Gasteiger partial charge in [0.1, 0.15) is 5.82 Å². The molecule has 0 unspecified atom stereocenters. The number of carbonyl (C=O) groups excluding carboxylic acids is 2. The van der Waals surface area contributed by atoms with Gasteiger partial charge in [0.15, 0.2) is 5.82 Å². The smallest absolute Gasteiger partial charge is 0.329 e. The molecule has 8 heteroatoms. The van der Waals surface area contributed by atoms with Crippen LogP contribution in [0.2, 0.25) is 0 Å². The quantitative estimate of drug-likeness (QED) is 0.905. The van der Waals surface area contributed by atoms with E-state index in [0.717, 1.165) is 31.4 Å². The minimum absolute atomic E-state index is 0.206. The number of nitrogens with one attached hydrogen (secondary N) is 1. The van der Waals surface area contributed by atoms with Crippen LogP contribution in [0.1, 0.15) is 25.7 Å². The minimum Gasteiger partial charge on any atom is -0.369 e. The Morgan fingerprint density at radius 2 is 1.88 bits per heavy atom. The van der Waals surface area contributed by atoms with Crippen molar-refractivity contribution in [3.05, 3.63) is 17.9 Å². The Morgan fingerprint density at radius 1 is 1.12 bits per heavy atom. The number of anilines is 2. The highest BCUT2D eigenvalue weighted by Crippen LogP contribution is 2.33. The first-order valence-corrected chi connectivity index (χ1v) is 8.57. The molecule has 132 valence electrons. The number of piperidine rings is 1. The number of nitrogens with zero attached hydrogens (tertiary/aromatic N) is 4. The Balaban J connectivity index is 1.76. The van der Waals surface area contributed by atoms with E-state index >= 15 is 0 Å². The molecule has 3 amide bonds. The van der Waals surface area contributed by atoms with Gasteiger partial charge in [-0.25, -0.2) is 9.18 Å². The van der Waals surface area contributed by atoms with Crippen LogP contribution in [0, 0.1) is 5.82 Å². The van der Waals surface area contributed by atoms with Gasteiger partial charge in [0, 0.05) is 38.5 Å². The Morgan fingerprint density at radius 3 is 2.60 bits per heavy atom. The molecule has 0 spiro atoms. The molecule has 2 aliphatic rings. The van der Waals surface area contributed by atoms with Crippen molar-refractivity contribution < 1.29 is 14.0 Å². The lowest BCUT2D eigenvalue weighted by Crippen LogP contribution is -2.49. The van der Waals surface area contributed by atoms with Crippen molar-refractivity contribution >= 4 is 34.3 Å². The van der Waals surface area contributed by atoms with Crippen molar-refractivity contribution in [3.63, 3.8) is 0 Å². The van der Waals surface area contributed by atoms with Gasteiger partial charge in [-0.1, -0.05) is 0 Å². The van der Waals surface area contributed by atoms with Crippen LogP contribution in [-0.2, 0) is 11.8 Å². The van der Waals surface area contributed by atoms with Crippen molar-refractivity contribution in [1.29, 1.82) is 0 Å². The predicted octanol–water partition coefficient (Wildman–Crippen LogP) is 2.15. The zero-order chi connectivity index (χ0) is 17.6. The summed E-state index contributed by atoms with van der Waals surface area (Å²) in [6.07, 6.45) is 3.52. The molecule has 0 bridgehead atoms. The second-order valence-electron chi connectivity index (χ2n) is 6.57. The van der Waals surface area contributed by atoms with E-state index in [2.05, 4.69) is 15.3 Å². The van der Waals surface area contributed by atoms with Crippen LogP contribution >= 0.6 is 0 Å². The van der Waals surface area contributed by atoms with E-state index in [4.69, 9.17) is 0 Å². The zero-order valence-corrected chi connectivity index (χ0v) is 14.1. The monoisotopic (exact) mass is 345 g/mol. The third kappa shape index (κ3) is 2.71. The Hall–Kier alpha value is -2.64. The highest BCUT2D eigenvalue weighted by Gasteiger charge is 2.29. The van der Waals surface area contributed by atoms with Gasteiger partial charge in [0.05, 0.1) is 11.2 Å². The van der Waals surface area contributed by atoms with Gasteiger partial charge >= 0.3 is 6.03 Å². The lowest BCUT2D eigenvalue weighted by atomic mass is 10.1. The number of hydrogen-bond acceptors (Lipinski definition) is 4. The van der Waals surface area contributed by atoms with E-state index in [1.54, 1.807) is 17.8 Å². The number of benzene rings is 1. The molecule has 1 N–H and O–H groups in total. The molecule has 3 heterocycles. The van der Waals surface area contributed by atoms with Crippen LogP contribution in [0.3, 0.4) is 0 Å². The SMILES string of the molecule is Cn1nc(N2CCC(=O)NC2=O)c2cc(F)c(N3CCCCC3)cc21. The molecule has 0 saturated carbocycles. The van der Waals surface area contributed by atoms with Gasteiger partial charge in [-0.05, 0) is 31.4 Å². The molecular formula is C17H20FN5O2. The maximum absolute atomic E-state index is 14.8. The average molecular weight is 345 g/mol. The number of amides is 3. The summed E-state index contributed by atoms with van der Waals surface area (Å²) in [5.41, 5.74) is 1.35. The molecule has 25 heavy (non-hydrogen) atoms. The Labute approximate surface area is 144 Å². The van der Waals surface area contributed by atoms with Crippen LogP contribution in [0.5, 0.6) is 0 Å². The van der Waals surface area contributed by atoms with E-state index in [-0.39, 0.29) is 24.7 Å². The molecule has 0 atom stereocenters. The largest absolute Gasteiger partial charge is 0.369 e. The van der Waals surface area contributed by atoms with Gasteiger partial charge in [0.2, 0.25) is 5.91 Å². The highest BCUT2D eigenvalue weighted by atomic mass is 19.1. The Bertz CT molecular complexity index is 856. The van der Waals surface area contributed by atoms with E-state index in [1.165, 1.54) is 17.4 Å². The summed E-state index contributed by atoms with van der Waals surface area (Å²) >= 11 is 0. The summed E-state index contributed by atoms with van der Waals surface area (Å²) in [6, 6.07) is 2.74. The second-order valence-corrected chi connectivity index (χ2v) is 6.57. The number of aromatic nitrogens is 2. The third-order valence-electron chi connectivity index (χ3n) is 4.91. The molecule has 2 saturated heterocycles. The van der Waals surface area contributed by atoms with Crippen LogP contribution in [0.25, 0.3) is 10.9 Å². The van der Waals surface area contributed by atoms with Crippen LogP contribution in [0.15, 0.2) is 12.1 Å². The van der Waals surface area contributed by atoms with Gasteiger partial charge in [-0.2, -0.15) is 5.10 Å². The number of hydrogen-bond donors (Lipinski definition) is 1. The van der Waals surface area contributed by atoms with Crippen LogP contribution < -0.4 is 15.1 Å².